The average molecular weight is 1620 g/mol. The number of rotatable bonds is 12. The summed E-state index contributed by atoms with van der Waals surface area (Å²) < 4.78 is 30.3. The van der Waals surface area contributed by atoms with E-state index in [1.165, 1.54) is 0 Å². The quantitative estimate of drug-likeness (QED) is 0.112. The fraction of sp³-hybridized carbons (Fsp3) is 0. The van der Waals surface area contributed by atoms with Crippen molar-refractivity contribution in [2.45, 2.75) is 0 Å². The van der Waals surface area contributed by atoms with E-state index in [1.807, 2.05) is 188 Å². The molecular formula is C110H64N12O4. The molecular weight excluding hydrogens is 1550 g/mol. The van der Waals surface area contributed by atoms with Gasteiger partial charge in [-0.15, -0.1) is 0 Å². The van der Waals surface area contributed by atoms with Crippen molar-refractivity contribution in [1.29, 1.82) is 0 Å². The Hall–Kier alpha value is -17.5. The van der Waals surface area contributed by atoms with Crippen LogP contribution in [0.1, 0.15) is 0 Å². The minimum absolute atomic E-state index is 0.511. The van der Waals surface area contributed by atoms with Gasteiger partial charge in [0.1, 0.15) is 55.9 Å². The van der Waals surface area contributed by atoms with Crippen LogP contribution in [-0.2, 0) is 0 Å². The van der Waals surface area contributed by atoms with Gasteiger partial charge in [-0.25, -0.2) is 49.8 Å². The third-order valence-corrected chi connectivity index (χ3v) is 23.8. The number of furan rings is 4. The first-order chi connectivity index (χ1) is 62.4. The summed E-state index contributed by atoms with van der Waals surface area (Å²) in [5.74, 6) is 4.29. The van der Waals surface area contributed by atoms with Crippen LogP contribution in [0.5, 0.6) is 0 Å². The Morgan fingerprint density at radius 1 is 0.175 bits per heavy atom. The monoisotopic (exact) mass is 1620 g/mol. The van der Waals surface area contributed by atoms with Crippen LogP contribution in [0.25, 0.3) is 257 Å². The summed E-state index contributed by atoms with van der Waals surface area (Å²) in [6, 6.07) is 132. The lowest BCUT2D eigenvalue weighted by Gasteiger charge is -2.16. The molecule has 0 aliphatic rings. The summed E-state index contributed by atoms with van der Waals surface area (Å²) in [4.78, 5) is 52.6. The summed E-state index contributed by atoms with van der Waals surface area (Å²) in [7, 11) is 0. The van der Waals surface area contributed by atoms with E-state index in [-0.39, 0.29) is 0 Å². The molecule has 0 spiro atoms. The van der Waals surface area contributed by atoms with Crippen LogP contribution < -0.4 is 0 Å². The molecule has 0 atom stereocenters. The molecule has 26 rings (SSSR count). The predicted molar refractivity (Wildman–Crippen MR) is 503 cm³/mol. The zero-order valence-corrected chi connectivity index (χ0v) is 66.9. The van der Waals surface area contributed by atoms with Gasteiger partial charge in [0.25, 0.3) is 0 Å². The molecule has 16 nitrogen and oxygen atoms in total. The minimum Gasteiger partial charge on any atom is -0.456 e. The van der Waals surface area contributed by atoms with Gasteiger partial charge in [0.15, 0.2) is 57.8 Å². The molecule has 26 aromatic rings. The van der Waals surface area contributed by atoms with Crippen molar-refractivity contribution in [3.63, 3.8) is 0 Å². The number of hydrogen-bond donors (Lipinski definition) is 0. The molecule has 0 unspecified atom stereocenters. The van der Waals surface area contributed by atoms with Crippen LogP contribution in [0.4, 0.5) is 0 Å². The lowest BCUT2D eigenvalue weighted by molar-refractivity contribution is 0.667. The molecule has 0 radical (unpaired) electrons. The predicted octanol–water partition coefficient (Wildman–Crippen LogP) is 27.8. The van der Waals surface area contributed by atoms with E-state index < -0.39 is 0 Å². The minimum atomic E-state index is 0.511. The molecule has 10 aromatic heterocycles. The van der Waals surface area contributed by atoms with Gasteiger partial charge in [-0.05, 0) is 115 Å². The summed E-state index contributed by atoms with van der Waals surface area (Å²) in [5, 5.41) is 10.5. The van der Waals surface area contributed by atoms with Gasteiger partial charge >= 0.3 is 0 Å². The number of hydrogen-bond acceptors (Lipinski definition) is 14. The zero-order valence-electron chi connectivity index (χ0n) is 66.9. The number of fused-ring (bicyclic) bond motifs is 18. The maximum atomic E-state index is 6.54. The number of nitrogens with zero attached hydrogens (tertiary/aromatic N) is 12. The Bertz CT molecular complexity index is 8770. The first-order valence-corrected chi connectivity index (χ1v) is 41.7. The lowest BCUT2D eigenvalue weighted by Crippen LogP contribution is -2.03. The topological polar surface area (TPSA) is 191 Å². The number of benzene rings is 16. The Morgan fingerprint density at radius 2 is 0.484 bits per heavy atom. The number of aromatic nitrogens is 12. The van der Waals surface area contributed by atoms with Gasteiger partial charge < -0.3 is 26.8 Å². The van der Waals surface area contributed by atoms with Gasteiger partial charge in [-0.3, -0.25) is 0 Å². The van der Waals surface area contributed by atoms with E-state index in [0.717, 1.165) is 187 Å². The average Bonchev–Trinajstić information content (AvgIpc) is 1.58. The van der Waals surface area contributed by atoms with Crippen LogP contribution >= 0.6 is 0 Å². The second-order valence-electron chi connectivity index (χ2n) is 31.2. The van der Waals surface area contributed by atoms with E-state index in [1.54, 1.807) is 0 Å². The summed E-state index contributed by atoms with van der Waals surface area (Å²) in [5.41, 5.74) is 23.4. The number of para-hydroxylation sites is 8. The van der Waals surface area contributed by atoms with Gasteiger partial charge in [0.2, 0.25) is 0 Å². The summed E-state index contributed by atoms with van der Waals surface area (Å²) >= 11 is 0. The molecule has 0 bridgehead atoms. The van der Waals surface area contributed by atoms with E-state index in [0.29, 0.717) is 69.1 Å². The highest BCUT2D eigenvalue weighted by atomic mass is 16.3. The molecule has 126 heavy (non-hydrogen) atoms. The van der Waals surface area contributed by atoms with Crippen molar-refractivity contribution in [2.75, 3.05) is 0 Å². The Labute approximate surface area is 717 Å². The van der Waals surface area contributed by atoms with Gasteiger partial charge in [-0.1, -0.05) is 273 Å². The van der Waals surface area contributed by atoms with Gasteiger partial charge in [0.05, 0.1) is 33.4 Å². The van der Waals surface area contributed by atoms with Crippen LogP contribution in [0, 0.1) is 0 Å². The van der Waals surface area contributed by atoms with Crippen molar-refractivity contribution in [2.24, 2.45) is 0 Å². The van der Waals surface area contributed by atoms with Crippen LogP contribution in [0.15, 0.2) is 406 Å². The molecule has 0 N–H and O–H groups in total. The maximum absolute atomic E-state index is 6.54. The normalized spacial score (nSPS) is 11.8. The third-order valence-electron chi connectivity index (χ3n) is 23.8. The molecule has 588 valence electrons. The highest BCUT2D eigenvalue weighted by Gasteiger charge is 2.28. The van der Waals surface area contributed by atoms with Crippen LogP contribution in [0.3, 0.4) is 0 Å². The van der Waals surface area contributed by atoms with Gasteiger partial charge in [-0.2, -0.15) is 0 Å². The SMILES string of the molecule is c1ccc(-c2nc(-c3ccc(-n4c5ccccc5c5ccccc54)c(-c4nc(-c5ccccc5)c5oc6ccccc6c5n4)c3)nc(-c3ccc4c(c3)oc3ccccc34)n2)cc1.c1ccc(-c2nc(-c3ccc(-n4c5ccccc5c5ccccc54)c(-c4nc(-c5ccccc5)c5oc6ccccc6c5n4)c3)nc(-c3cccc4oc5ccccc5c34)n2)cc1. The molecule has 0 fully saturated rings. The molecule has 10 heterocycles. The summed E-state index contributed by atoms with van der Waals surface area (Å²) in [6.45, 7) is 0. The van der Waals surface area contributed by atoms with Crippen molar-refractivity contribution >= 4 is 132 Å². The Morgan fingerprint density at radius 3 is 0.929 bits per heavy atom. The van der Waals surface area contributed by atoms with Gasteiger partial charge in [0, 0.05) is 109 Å². The fourth-order valence-corrected chi connectivity index (χ4v) is 18.0. The molecule has 16 aromatic carbocycles. The largest absolute Gasteiger partial charge is 0.456 e. The van der Waals surface area contributed by atoms with E-state index in [2.05, 4.69) is 209 Å². The molecule has 0 aliphatic heterocycles. The first-order valence-electron chi connectivity index (χ1n) is 41.7. The fourth-order valence-electron chi connectivity index (χ4n) is 18.0. The standard InChI is InChI=1S/2C55H32N6O2/c1-3-16-33(17-4-1)49-51-50(39-23-10-14-28-46(39)63-51)57-55(56-49)41-32-35(30-31-44(41)61-42-25-11-7-20-36(42)37-21-8-12-26-43(37)61)53-58-52(34-18-5-2-6-19-34)59-54(60-53)40-24-15-29-47-48(40)38-22-9-13-27-45(38)62-47;1-3-15-33(16-4-1)49-51-50(41-22-10-14-26-47(41)63-51)57-55(56-49)42-31-35(28-30-45(42)61-43-23-11-7-19-37(43)38-20-8-12-24-44(38)61)53-58-52(34-17-5-2-6-18-34)59-54(60-53)36-27-29-40-39-21-9-13-25-46(39)62-48(40)32-36/h2*1-32H. The molecule has 0 aliphatic carbocycles. The molecule has 0 saturated carbocycles. The van der Waals surface area contributed by atoms with E-state index in [4.69, 9.17) is 67.5 Å². The van der Waals surface area contributed by atoms with Crippen molar-refractivity contribution in [1.82, 2.24) is 59.0 Å². The zero-order chi connectivity index (χ0) is 82.9. The molecule has 0 amide bonds. The third kappa shape index (κ3) is 11.9. The van der Waals surface area contributed by atoms with Crippen molar-refractivity contribution in [3.8, 4) is 125 Å². The second-order valence-corrected chi connectivity index (χ2v) is 31.2. The Balaban J connectivity index is 0.000000137. The van der Waals surface area contributed by atoms with E-state index in [9.17, 15) is 0 Å². The summed E-state index contributed by atoms with van der Waals surface area (Å²) in [6.07, 6.45) is 0. The van der Waals surface area contributed by atoms with Crippen molar-refractivity contribution in [3.05, 3.63) is 388 Å². The highest BCUT2D eigenvalue weighted by Crippen LogP contribution is 2.46. The Kier molecular flexibility index (Phi) is 16.5. The van der Waals surface area contributed by atoms with E-state index >= 15 is 0 Å². The second kappa shape index (κ2) is 29.2. The van der Waals surface area contributed by atoms with Crippen LogP contribution in [0.2, 0.25) is 0 Å². The smallest absolute Gasteiger partial charge is 0.180 e. The molecule has 0 saturated heterocycles. The lowest BCUT2D eigenvalue weighted by atomic mass is 10.0. The maximum Gasteiger partial charge on any atom is 0.180 e. The highest BCUT2D eigenvalue weighted by molar-refractivity contribution is 6.15. The van der Waals surface area contributed by atoms with Crippen molar-refractivity contribution < 1.29 is 17.7 Å². The molecule has 16 heteroatoms. The van der Waals surface area contributed by atoms with Crippen LogP contribution in [-0.4, -0.2) is 59.0 Å². The first kappa shape index (κ1) is 71.4.